The zero-order chi connectivity index (χ0) is 19.0. The number of benzene rings is 1. The molecule has 4 heterocycles. The molecule has 5 heteroatoms. The van der Waals surface area contributed by atoms with Crippen molar-refractivity contribution in [1.82, 2.24) is 9.80 Å². The van der Waals surface area contributed by atoms with Crippen molar-refractivity contribution >= 4 is 11.7 Å². The van der Waals surface area contributed by atoms with Crippen LogP contribution in [0.2, 0.25) is 0 Å². The van der Waals surface area contributed by atoms with Gasteiger partial charge in [0, 0.05) is 31.3 Å². The number of carbonyl (C=O) groups is 2. The highest BCUT2D eigenvalue weighted by molar-refractivity contribution is 5.79. The summed E-state index contributed by atoms with van der Waals surface area (Å²) in [7, 11) is 1.69. The molecule has 1 amide bonds. The first kappa shape index (κ1) is 18.5. The number of nitrogens with zero attached hydrogens (tertiary/aromatic N) is 2. The minimum atomic E-state index is 0.168. The predicted octanol–water partition coefficient (Wildman–Crippen LogP) is 2.84. The third-order valence-corrected chi connectivity index (χ3v) is 6.78. The number of likely N-dealkylation sites (tertiary alicyclic amines) is 1. The largest absolute Gasteiger partial charge is 0.497 e. The van der Waals surface area contributed by atoms with Crippen molar-refractivity contribution in [2.45, 2.75) is 57.0 Å². The number of carbonyl (C=O) groups excluding carboxylic acids is 2. The molecule has 0 unspecified atom stereocenters. The van der Waals surface area contributed by atoms with Crippen LogP contribution in [0.3, 0.4) is 0 Å². The van der Waals surface area contributed by atoms with E-state index in [1.807, 2.05) is 12.1 Å². The Morgan fingerprint density at radius 2 is 1.78 bits per heavy atom. The molecule has 4 aliphatic rings. The minimum absolute atomic E-state index is 0.168. The van der Waals surface area contributed by atoms with Crippen LogP contribution in [0.1, 0.15) is 50.5 Å². The van der Waals surface area contributed by atoms with Crippen molar-refractivity contribution in [2.75, 3.05) is 26.7 Å². The van der Waals surface area contributed by atoms with Crippen molar-refractivity contribution in [3.8, 4) is 5.75 Å². The minimum Gasteiger partial charge on any atom is -0.497 e. The second-order valence-corrected chi connectivity index (χ2v) is 8.34. The van der Waals surface area contributed by atoms with Gasteiger partial charge in [-0.1, -0.05) is 12.1 Å². The highest BCUT2D eigenvalue weighted by Gasteiger charge is 2.54. The summed E-state index contributed by atoms with van der Waals surface area (Å²) in [5.74, 6) is 2.26. The number of ether oxygens (including phenoxy) is 1. The van der Waals surface area contributed by atoms with E-state index < -0.39 is 0 Å². The summed E-state index contributed by atoms with van der Waals surface area (Å²) in [4.78, 5) is 29.0. The average Bonchev–Trinajstić information content (AvgIpc) is 3.11. The van der Waals surface area contributed by atoms with E-state index in [4.69, 9.17) is 4.74 Å². The van der Waals surface area contributed by atoms with Gasteiger partial charge in [-0.2, -0.15) is 0 Å². The fourth-order valence-corrected chi connectivity index (χ4v) is 5.48. The first-order valence-electron chi connectivity index (χ1n) is 10.3. The molecule has 0 radical (unpaired) electrons. The molecule has 27 heavy (non-hydrogen) atoms. The summed E-state index contributed by atoms with van der Waals surface area (Å²) in [6.45, 7) is 4.72. The topological polar surface area (TPSA) is 49.9 Å². The van der Waals surface area contributed by atoms with Crippen LogP contribution in [0.4, 0.5) is 0 Å². The van der Waals surface area contributed by atoms with Crippen molar-refractivity contribution < 1.29 is 14.3 Å². The molecule has 0 spiro atoms. The van der Waals surface area contributed by atoms with Gasteiger partial charge in [0.25, 0.3) is 0 Å². The number of hydrogen-bond acceptors (Lipinski definition) is 4. The molecule has 4 aliphatic heterocycles. The Bertz CT molecular complexity index is 694. The third-order valence-electron chi connectivity index (χ3n) is 6.78. The van der Waals surface area contributed by atoms with Crippen LogP contribution in [-0.4, -0.2) is 60.3 Å². The molecule has 4 fully saturated rings. The molecule has 2 bridgehead atoms. The van der Waals surface area contributed by atoms with Crippen LogP contribution in [0.5, 0.6) is 5.75 Å². The Hall–Kier alpha value is -1.88. The van der Waals surface area contributed by atoms with Crippen LogP contribution in [0.25, 0.3) is 0 Å². The second kappa shape index (κ2) is 7.63. The van der Waals surface area contributed by atoms with E-state index in [9.17, 15) is 9.59 Å². The molecule has 3 atom stereocenters. The molecule has 4 saturated heterocycles. The van der Waals surface area contributed by atoms with E-state index in [0.29, 0.717) is 43.2 Å². The van der Waals surface area contributed by atoms with E-state index in [2.05, 4.69) is 21.9 Å². The lowest BCUT2D eigenvalue weighted by Gasteiger charge is -2.51. The SMILES string of the molecule is COc1ccc([C@@H]2CN(C(=O)CCCC(C)=O)[C@@H]3C4CCN(CC4)[C@@H]32)cc1. The molecule has 0 aromatic heterocycles. The number of piperidine rings is 3. The molecule has 0 saturated carbocycles. The number of amides is 1. The maximum atomic E-state index is 13.0. The summed E-state index contributed by atoms with van der Waals surface area (Å²) in [6, 6.07) is 9.14. The van der Waals surface area contributed by atoms with Crippen LogP contribution in [0.15, 0.2) is 24.3 Å². The van der Waals surface area contributed by atoms with Gasteiger partial charge in [-0.05, 0) is 62.9 Å². The first-order chi connectivity index (χ1) is 13.1. The first-order valence-corrected chi connectivity index (χ1v) is 10.3. The van der Waals surface area contributed by atoms with Gasteiger partial charge in [-0.25, -0.2) is 0 Å². The number of fused-ring (bicyclic) bond motifs is 2. The molecule has 0 aliphatic carbocycles. The Balaban J connectivity index is 1.56. The van der Waals surface area contributed by atoms with Gasteiger partial charge in [0.2, 0.25) is 5.91 Å². The van der Waals surface area contributed by atoms with Crippen molar-refractivity contribution in [3.63, 3.8) is 0 Å². The van der Waals surface area contributed by atoms with Crippen LogP contribution >= 0.6 is 0 Å². The highest BCUT2D eigenvalue weighted by atomic mass is 16.5. The van der Waals surface area contributed by atoms with Gasteiger partial charge >= 0.3 is 0 Å². The molecule has 146 valence electrons. The van der Waals surface area contributed by atoms with Gasteiger partial charge in [0.15, 0.2) is 0 Å². The normalized spacial score (nSPS) is 31.6. The molecule has 1 aromatic carbocycles. The van der Waals surface area contributed by atoms with Gasteiger partial charge in [0.05, 0.1) is 13.2 Å². The molecule has 0 N–H and O–H groups in total. The summed E-state index contributed by atoms with van der Waals surface area (Å²) >= 11 is 0. The fourth-order valence-electron chi connectivity index (χ4n) is 5.48. The lowest BCUT2D eigenvalue weighted by Crippen LogP contribution is -2.60. The number of Topliss-reactive ketones (excluding diaryl/α,β-unsaturated/α-hetero) is 1. The average molecular weight is 370 g/mol. The van der Waals surface area contributed by atoms with Gasteiger partial charge in [0.1, 0.15) is 11.5 Å². The summed E-state index contributed by atoms with van der Waals surface area (Å²) in [6.07, 6.45) is 4.07. The second-order valence-electron chi connectivity index (χ2n) is 8.34. The van der Waals surface area contributed by atoms with Crippen LogP contribution in [0, 0.1) is 5.92 Å². The Morgan fingerprint density at radius 1 is 1.07 bits per heavy atom. The van der Waals surface area contributed by atoms with Gasteiger partial charge in [-0.15, -0.1) is 0 Å². The molecule has 5 nitrogen and oxygen atoms in total. The number of ketones is 1. The highest BCUT2D eigenvalue weighted by Crippen LogP contribution is 2.46. The standard InChI is InChI=1S/C22H30N2O3/c1-15(25)4-3-5-20(26)24-14-19(16-6-8-18(27-2)9-7-16)22-21(24)17-10-12-23(22)13-11-17/h6-9,17,19,21-22H,3-5,10-14H2,1-2H3/t19-,21+,22+/m0/s1. The van der Waals surface area contributed by atoms with Crippen molar-refractivity contribution in [3.05, 3.63) is 29.8 Å². The lowest BCUT2D eigenvalue weighted by molar-refractivity contribution is -0.136. The Labute approximate surface area is 161 Å². The van der Waals surface area contributed by atoms with E-state index in [-0.39, 0.29) is 11.7 Å². The van der Waals surface area contributed by atoms with Gasteiger partial charge in [-0.3, -0.25) is 9.69 Å². The van der Waals surface area contributed by atoms with Crippen molar-refractivity contribution in [1.29, 1.82) is 0 Å². The van der Waals surface area contributed by atoms with Crippen LogP contribution in [-0.2, 0) is 9.59 Å². The van der Waals surface area contributed by atoms with Crippen LogP contribution < -0.4 is 4.74 Å². The Kier molecular flexibility index (Phi) is 5.22. The molecular formula is C22H30N2O3. The number of hydrogen-bond donors (Lipinski definition) is 0. The van der Waals surface area contributed by atoms with E-state index >= 15 is 0 Å². The summed E-state index contributed by atoms with van der Waals surface area (Å²) in [5, 5.41) is 0. The number of methoxy groups -OCH3 is 1. The summed E-state index contributed by atoms with van der Waals surface area (Å²) < 4.78 is 5.31. The molecular weight excluding hydrogens is 340 g/mol. The predicted molar refractivity (Wildman–Crippen MR) is 104 cm³/mol. The monoisotopic (exact) mass is 370 g/mol. The fraction of sp³-hybridized carbons (Fsp3) is 0.636. The zero-order valence-corrected chi connectivity index (χ0v) is 16.4. The maximum absolute atomic E-state index is 13.0. The van der Waals surface area contributed by atoms with E-state index in [0.717, 1.165) is 25.4 Å². The third kappa shape index (κ3) is 3.49. The van der Waals surface area contributed by atoms with E-state index in [1.165, 1.54) is 18.4 Å². The van der Waals surface area contributed by atoms with Gasteiger partial charge < -0.3 is 14.4 Å². The van der Waals surface area contributed by atoms with E-state index in [1.54, 1.807) is 14.0 Å². The molecule has 5 rings (SSSR count). The Morgan fingerprint density at radius 3 is 2.41 bits per heavy atom. The smallest absolute Gasteiger partial charge is 0.222 e. The lowest BCUT2D eigenvalue weighted by atomic mass is 9.75. The number of rotatable bonds is 6. The quantitative estimate of drug-likeness (QED) is 0.773. The van der Waals surface area contributed by atoms with Crippen molar-refractivity contribution in [2.24, 2.45) is 5.92 Å². The zero-order valence-electron chi connectivity index (χ0n) is 16.4. The maximum Gasteiger partial charge on any atom is 0.222 e. The molecule has 1 aromatic rings. The summed E-state index contributed by atoms with van der Waals surface area (Å²) in [5.41, 5.74) is 1.30.